The van der Waals surface area contributed by atoms with Crippen LogP contribution in [0.15, 0.2) is 48.7 Å². The first-order valence-corrected chi connectivity index (χ1v) is 8.58. The highest BCUT2D eigenvalue weighted by Gasteiger charge is 2.31. The molecule has 2 aliphatic rings. The van der Waals surface area contributed by atoms with Crippen molar-refractivity contribution >= 4 is 12.0 Å². The standard InChI is InChI=1S/C20H20N2O3/c23-20(22(17-6-7-17)14-16-3-1-2-10-21-16)9-5-15-4-8-18-19(13-15)25-12-11-24-18/h1-5,8-10,13,17H,6-7,11-12,14H2/b9-5+. The van der Waals surface area contributed by atoms with Gasteiger partial charge in [0.1, 0.15) is 13.2 Å². The lowest BCUT2D eigenvalue weighted by molar-refractivity contribution is -0.127. The zero-order valence-electron chi connectivity index (χ0n) is 13.9. The smallest absolute Gasteiger partial charge is 0.247 e. The Morgan fingerprint density at radius 3 is 2.76 bits per heavy atom. The fourth-order valence-corrected chi connectivity index (χ4v) is 2.87. The molecule has 0 atom stereocenters. The number of aromatic nitrogens is 1. The van der Waals surface area contributed by atoms with Gasteiger partial charge in [0.05, 0.1) is 12.2 Å². The summed E-state index contributed by atoms with van der Waals surface area (Å²) in [6.45, 7) is 1.68. The molecule has 0 spiro atoms. The number of hydrogen-bond acceptors (Lipinski definition) is 4. The van der Waals surface area contributed by atoms with E-state index in [1.165, 1.54) is 0 Å². The quantitative estimate of drug-likeness (QED) is 0.788. The molecule has 25 heavy (non-hydrogen) atoms. The molecule has 1 aliphatic heterocycles. The van der Waals surface area contributed by atoms with Crippen LogP contribution in [0, 0.1) is 0 Å². The number of carbonyl (C=O) groups excluding carboxylic acids is 1. The molecular formula is C20H20N2O3. The number of carbonyl (C=O) groups is 1. The summed E-state index contributed by atoms with van der Waals surface area (Å²) in [5.41, 5.74) is 1.83. The van der Waals surface area contributed by atoms with Crippen molar-refractivity contribution in [1.29, 1.82) is 0 Å². The van der Waals surface area contributed by atoms with Crippen LogP contribution in [0.4, 0.5) is 0 Å². The molecule has 1 aromatic heterocycles. The summed E-state index contributed by atoms with van der Waals surface area (Å²) in [6, 6.07) is 11.8. The molecule has 5 heteroatoms. The molecule has 0 bridgehead atoms. The molecule has 0 unspecified atom stereocenters. The fourth-order valence-electron chi connectivity index (χ4n) is 2.87. The van der Waals surface area contributed by atoms with Gasteiger partial charge in [-0.25, -0.2) is 0 Å². The molecule has 1 aromatic carbocycles. The number of amides is 1. The number of nitrogens with zero attached hydrogens (tertiary/aromatic N) is 2. The number of rotatable bonds is 5. The van der Waals surface area contributed by atoms with Gasteiger partial charge in [-0.15, -0.1) is 0 Å². The Bertz CT molecular complexity index is 785. The number of pyridine rings is 1. The topological polar surface area (TPSA) is 51.7 Å². The van der Waals surface area contributed by atoms with Crippen LogP contribution in [0.2, 0.25) is 0 Å². The fraction of sp³-hybridized carbons (Fsp3) is 0.300. The summed E-state index contributed by atoms with van der Waals surface area (Å²) in [7, 11) is 0. The predicted octanol–water partition coefficient (Wildman–Crippen LogP) is 3.06. The lowest BCUT2D eigenvalue weighted by Gasteiger charge is -2.20. The van der Waals surface area contributed by atoms with Crippen LogP contribution in [0.3, 0.4) is 0 Å². The number of hydrogen-bond donors (Lipinski definition) is 0. The van der Waals surface area contributed by atoms with Crippen LogP contribution in [0.1, 0.15) is 24.1 Å². The summed E-state index contributed by atoms with van der Waals surface area (Å²) >= 11 is 0. The Balaban J connectivity index is 1.46. The van der Waals surface area contributed by atoms with E-state index in [2.05, 4.69) is 4.98 Å². The third-order valence-electron chi connectivity index (χ3n) is 4.31. The van der Waals surface area contributed by atoms with Gasteiger partial charge < -0.3 is 14.4 Å². The van der Waals surface area contributed by atoms with Crippen molar-refractivity contribution in [2.75, 3.05) is 13.2 Å². The molecule has 128 valence electrons. The van der Waals surface area contributed by atoms with E-state index in [0.29, 0.717) is 25.8 Å². The minimum Gasteiger partial charge on any atom is -0.486 e. The van der Waals surface area contributed by atoms with Gasteiger partial charge in [0.25, 0.3) is 0 Å². The Kier molecular flexibility index (Phi) is 4.37. The van der Waals surface area contributed by atoms with E-state index < -0.39 is 0 Å². The maximum absolute atomic E-state index is 12.6. The second kappa shape index (κ2) is 6.97. The first-order chi connectivity index (χ1) is 12.3. The van der Waals surface area contributed by atoms with E-state index in [0.717, 1.165) is 35.6 Å². The summed E-state index contributed by atoms with van der Waals surface area (Å²) < 4.78 is 11.1. The highest BCUT2D eigenvalue weighted by atomic mass is 16.6. The average molecular weight is 336 g/mol. The van der Waals surface area contributed by atoms with Gasteiger partial charge in [0.2, 0.25) is 5.91 Å². The van der Waals surface area contributed by atoms with Crippen LogP contribution in [0.5, 0.6) is 11.5 Å². The minimum atomic E-state index is 0.0167. The lowest BCUT2D eigenvalue weighted by Crippen LogP contribution is -2.31. The molecule has 0 saturated heterocycles. The number of fused-ring (bicyclic) bond motifs is 1. The van der Waals surface area contributed by atoms with Crippen LogP contribution in [0.25, 0.3) is 6.08 Å². The highest BCUT2D eigenvalue weighted by Crippen LogP contribution is 2.31. The van der Waals surface area contributed by atoms with E-state index in [4.69, 9.17) is 9.47 Å². The van der Waals surface area contributed by atoms with Gasteiger partial charge >= 0.3 is 0 Å². The Hall–Kier alpha value is -2.82. The molecule has 2 heterocycles. The van der Waals surface area contributed by atoms with E-state index in [-0.39, 0.29) is 5.91 Å². The maximum atomic E-state index is 12.6. The molecular weight excluding hydrogens is 316 g/mol. The van der Waals surface area contributed by atoms with Gasteiger partial charge in [-0.2, -0.15) is 0 Å². The number of ether oxygens (including phenoxy) is 2. The van der Waals surface area contributed by atoms with Crippen molar-refractivity contribution in [2.24, 2.45) is 0 Å². The van der Waals surface area contributed by atoms with Crippen molar-refractivity contribution in [3.05, 3.63) is 59.9 Å². The van der Waals surface area contributed by atoms with Crippen LogP contribution >= 0.6 is 0 Å². The SMILES string of the molecule is O=C(/C=C/c1ccc2c(c1)OCCO2)N(Cc1ccccn1)C1CC1. The highest BCUT2D eigenvalue weighted by molar-refractivity contribution is 5.92. The molecule has 1 aliphatic carbocycles. The molecule has 4 rings (SSSR count). The van der Waals surface area contributed by atoms with Crippen LogP contribution < -0.4 is 9.47 Å². The van der Waals surface area contributed by atoms with E-state index in [9.17, 15) is 4.79 Å². The van der Waals surface area contributed by atoms with Crippen molar-refractivity contribution < 1.29 is 14.3 Å². The normalized spacial score (nSPS) is 16.0. The third-order valence-corrected chi connectivity index (χ3v) is 4.31. The lowest BCUT2D eigenvalue weighted by atomic mass is 10.1. The van der Waals surface area contributed by atoms with Gasteiger partial charge in [-0.3, -0.25) is 9.78 Å². The second-order valence-electron chi connectivity index (χ2n) is 6.25. The summed E-state index contributed by atoms with van der Waals surface area (Å²) in [5, 5.41) is 0. The predicted molar refractivity (Wildman–Crippen MR) is 94.3 cm³/mol. The maximum Gasteiger partial charge on any atom is 0.247 e. The van der Waals surface area contributed by atoms with Crippen LogP contribution in [-0.2, 0) is 11.3 Å². The first-order valence-electron chi connectivity index (χ1n) is 8.58. The Morgan fingerprint density at radius 1 is 1.16 bits per heavy atom. The van der Waals surface area contributed by atoms with E-state index in [1.54, 1.807) is 12.3 Å². The molecule has 0 N–H and O–H groups in total. The monoisotopic (exact) mass is 336 g/mol. The zero-order chi connectivity index (χ0) is 17.1. The Morgan fingerprint density at radius 2 is 2.00 bits per heavy atom. The molecule has 2 aromatic rings. The van der Waals surface area contributed by atoms with Crippen molar-refractivity contribution in [1.82, 2.24) is 9.88 Å². The Labute approximate surface area is 146 Å². The van der Waals surface area contributed by atoms with E-state index >= 15 is 0 Å². The molecule has 1 saturated carbocycles. The molecule has 0 radical (unpaired) electrons. The van der Waals surface area contributed by atoms with Crippen LogP contribution in [-0.4, -0.2) is 35.0 Å². The third kappa shape index (κ3) is 3.82. The first kappa shape index (κ1) is 15.7. The van der Waals surface area contributed by atoms with Gasteiger partial charge in [0, 0.05) is 18.3 Å². The summed E-state index contributed by atoms with van der Waals surface area (Å²) in [5.74, 6) is 1.50. The minimum absolute atomic E-state index is 0.0167. The second-order valence-corrected chi connectivity index (χ2v) is 6.25. The van der Waals surface area contributed by atoms with Crippen molar-refractivity contribution in [3.63, 3.8) is 0 Å². The average Bonchev–Trinajstić information content (AvgIpc) is 3.50. The molecule has 1 fully saturated rings. The van der Waals surface area contributed by atoms with Gasteiger partial charge in [0.15, 0.2) is 11.5 Å². The van der Waals surface area contributed by atoms with Crippen molar-refractivity contribution in [3.8, 4) is 11.5 Å². The molecule has 5 nitrogen and oxygen atoms in total. The summed E-state index contributed by atoms with van der Waals surface area (Å²) in [4.78, 5) is 18.9. The van der Waals surface area contributed by atoms with E-state index in [1.807, 2.05) is 47.4 Å². The van der Waals surface area contributed by atoms with Crippen molar-refractivity contribution in [2.45, 2.75) is 25.4 Å². The summed E-state index contributed by atoms with van der Waals surface area (Å²) in [6.07, 6.45) is 7.35. The number of benzene rings is 1. The largest absolute Gasteiger partial charge is 0.486 e. The zero-order valence-corrected chi connectivity index (χ0v) is 13.9. The molecule has 1 amide bonds. The van der Waals surface area contributed by atoms with Gasteiger partial charge in [-0.05, 0) is 48.7 Å². The van der Waals surface area contributed by atoms with Gasteiger partial charge in [-0.1, -0.05) is 12.1 Å².